The smallest absolute Gasteiger partial charge is 0.333 e. The first-order valence-corrected chi connectivity index (χ1v) is 53.3. The number of carbonyl (C=O) groups is 16. The van der Waals surface area contributed by atoms with Crippen molar-refractivity contribution in [2.45, 2.75) is 372 Å². The van der Waals surface area contributed by atoms with E-state index in [1.807, 2.05) is 88.5 Å². The highest BCUT2D eigenvalue weighted by atomic mass is 16.7. The van der Waals surface area contributed by atoms with Crippen molar-refractivity contribution in [1.29, 1.82) is 0 Å². The Morgan fingerprint density at radius 3 is 1.18 bits per heavy atom. The number of esters is 4. The van der Waals surface area contributed by atoms with Gasteiger partial charge in [0.15, 0.2) is 36.0 Å². The van der Waals surface area contributed by atoms with Gasteiger partial charge in [-0.1, -0.05) is 128 Å². The first-order chi connectivity index (χ1) is 70.6. The molecule has 0 aromatic rings. The van der Waals surface area contributed by atoms with Gasteiger partial charge in [0.05, 0.1) is 74.5 Å². The molecule has 2 saturated carbocycles. The second kappa shape index (κ2) is 55.8. The van der Waals surface area contributed by atoms with Crippen molar-refractivity contribution in [1.82, 2.24) is 14.9 Å². The predicted molar refractivity (Wildman–Crippen MR) is 538 cm³/mol. The minimum absolute atomic E-state index is 0.00452. The van der Waals surface area contributed by atoms with Gasteiger partial charge in [-0.15, -0.1) is 5.06 Å². The van der Waals surface area contributed by atoms with Crippen LogP contribution in [-0.2, 0) is 138 Å². The second-order valence-electron chi connectivity index (χ2n) is 43.4. The standard InChI is InChI=1S/C58H82N2O18.C54H79NO16/c1-32-14-11-10-12-15-33(2)44(72-7)30-39-19-17-37(6)58(71,77-39)55(68)56(69)59-25-13-16-40-41(28-38-18-20-42(61)46(29-38)73-8)45(75-57(70)51(40)59)31-43(62)34(3)27-36(5)53(54(74-9)52(67)35(4)26-32)76-49(65)23-24-50(66)78-60-47(63)21-22-48(60)64;1-30-14-11-10-12-15-31(2)42(66-7)28-37-19-17-35(6)54(65,71-37)51(62)52(63)55-23-13-16-38-39(26-36-18-20-40(56)44(27-36)67-8)43(69-53(64)47(38)55)29-41(57)32(3)25-34(5)49(70-46(60)22-21-45(58)59)50(68-9)48(61)33(4)24-30/h10-12,14-15,27,32,34-35,37-42,44-46,51,53-54,61,71H,13,16-26,28-31H2,1-9H3;10-12,14-15,25,30,32-33,35-40,42-44,47,49-50,56,65H,13,16-24,26-29H2,1-9H3,(H,58,59)/b12-10+,14-11+,33-15?,36-27+;12-10+,14-11+,31-15?,34-25+/t32-,34-,35-,37-,38+,39+,40?,41+,42-,44+,45+,46-,51+,53-,54+,58-;30-,32-,33-,35-,36+,37+,38?,39+,40-,42+,43+,44-,47+,49-,50+,54-/m11/s1. The normalized spacial score (nSPS) is 38.4. The van der Waals surface area contributed by atoms with E-state index >= 15 is 0 Å². The fourth-order valence-electron chi connectivity index (χ4n) is 23.7. The molecule has 0 aromatic carbocycles. The molecule has 5 N–H and O–H groups in total. The van der Waals surface area contributed by atoms with E-state index in [1.165, 1.54) is 31.1 Å². The Kier molecular flexibility index (Phi) is 45.4. The summed E-state index contributed by atoms with van der Waals surface area (Å²) < 4.78 is 71.1. The summed E-state index contributed by atoms with van der Waals surface area (Å²) in [4.78, 5) is 227. The molecule has 0 aromatic heterocycles. The monoisotopic (exact) mass is 2090 g/mol. The van der Waals surface area contributed by atoms with E-state index in [1.54, 1.807) is 88.9 Å². The minimum Gasteiger partial charge on any atom is -0.481 e. The van der Waals surface area contributed by atoms with Crippen LogP contribution in [0, 0.1) is 82.9 Å². The third-order valence-electron chi connectivity index (χ3n) is 32.6. The lowest BCUT2D eigenvalue weighted by atomic mass is 9.68. The molecule has 32 atom stereocenters. The zero-order chi connectivity index (χ0) is 109. The molecular weight excluding hydrogens is 1930 g/mol. The summed E-state index contributed by atoms with van der Waals surface area (Å²) in [5, 5.41) is 55.2. The molecule has 12 aliphatic rings. The van der Waals surface area contributed by atoms with E-state index < -0.39 is 271 Å². The number of hydrogen-bond donors (Lipinski definition) is 5. The van der Waals surface area contributed by atoms with Gasteiger partial charge in [0, 0.05) is 142 Å². The van der Waals surface area contributed by atoms with E-state index in [9.17, 15) is 102 Å². The molecule has 12 bridgehead atoms. The van der Waals surface area contributed by atoms with Crippen LogP contribution in [-0.4, -0.2) is 299 Å². The molecule has 7 saturated heterocycles. The number of carboxylic acid groups (broad SMARTS) is 1. The van der Waals surface area contributed by atoms with Gasteiger partial charge in [0.1, 0.15) is 35.9 Å². The van der Waals surface area contributed by atoms with Gasteiger partial charge in [-0.3, -0.25) is 62.3 Å². The molecule has 828 valence electrons. The lowest BCUT2D eigenvalue weighted by Crippen LogP contribution is -2.65. The number of amides is 4. The largest absolute Gasteiger partial charge is 0.481 e. The number of nitrogens with zero attached hydrogens (tertiary/aromatic N) is 3. The average molecular weight is 2090 g/mol. The highest BCUT2D eigenvalue weighted by molar-refractivity contribution is 6.39. The zero-order valence-corrected chi connectivity index (χ0v) is 89.9. The number of aliphatic carboxylic acids is 1. The number of ketones is 6. The van der Waals surface area contributed by atoms with Crippen molar-refractivity contribution >= 4 is 94.1 Å². The number of methoxy groups -OCH3 is 6. The summed E-state index contributed by atoms with van der Waals surface area (Å²) in [6.45, 7) is 21.0. The molecule has 10 heterocycles. The summed E-state index contributed by atoms with van der Waals surface area (Å²) in [7, 11) is 8.80. The van der Waals surface area contributed by atoms with Crippen molar-refractivity contribution < 1.29 is 164 Å². The second-order valence-corrected chi connectivity index (χ2v) is 43.4. The van der Waals surface area contributed by atoms with Crippen LogP contribution < -0.4 is 0 Å². The van der Waals surface area contributed by atoms with E-state index in [0.29, 0.717) is 126 Å². The number of aliphatic hydroxyl groups is 4. The van der Waals surface area contributed by atoms with Crippen LogP contribution >= 0.6 is 0 Å². The first-order valence-electron chi connectivity index (χ1n) is 53.3. The summed E-state index contributed by atoms with van der Waals surface area (Å²) in [6, 6.07) is -2.39. The Balaban J connectivity index is 0.000000306. The lowest BCUT2D eigenvalue weighted by Gasteiger charge is -2.50. The van der Waals surface area contributed by atoms with Crippen LogP contribution in [0.4, 0.5) is 0 Å². The SMILES string of the molecule is CO[C@H]1C[C@@H]2CC[C@@H](C)[C@@](O)(O2)C(=O)C(=O)N2CCCC3[C@H]2C(=O)O[C@@H](CC(=O)[C@H](C)/C=C(\C)[C@@H](OC(=O)CCC(=O)O)[C@@H](OC)C(=O)[C@H](C)C[C@H](C)/C=C/C=C/C=C1C)[C@H]3C[C@@H]1CC[C@@H](O)[C@H](OC)C1.CO[C@H]1C[C@@H]2CC[C@@H](C)[C@@](O)(O2)C(=O)C(=O)N2CCCC3[C@H]2C(=O)O[C@@H](CC(=O)[C@H](C)/C=C(\C)[C@@H](OC(=O)CCC(=O)ON2C(=O)CCC2=O)[C@@H](OC)C(=O)[C@H](C)C[C@H](C)/C=C/C=C/C=C1C)[C@H]3C[C@@H]1CC[C@@H](O)[C@H](OC)C1. The average Bonchev–Trinajstić information content (AvgIpc) is 1.02. The van der Waals surface area contributed by atoms with Gasteiger partial charge in [0.2, 0.25) is 11.6 Å². The quantitative estimate of drug-likeness (QED) is 0.0264. The molecule has 37 heteroatoms. The van der Waals surface area contributed by atoms with Crippen LogP contribution in [0.3, 0.4) is 0 Å². The zero-order valence-electron chi connectivity index (χ0n) is 89.9. The number of hydroxylamine groups is 2. The first kappa shape index (κ1) is 121. The molecule has 2 aliphatic carbocycles. The van der Waals surface area contributed by atoms with Crippen molar-refractivity contribution in [3.05, 3.63) is 95.2 Å². The lowest BCUT2D eigenvalue weighted by molar-refractivity contribution is -0.266. The Hall–Kier alpha value is -9.64. The maximum atomic E-state index is 14.6. The molecule has 0 radical (unpaired) electrons. The number of hydrogen-bond acceptors (Lipinski definition) is 33. The predicted octanol–water partition coefficient (Wildman–Crippen LogP) is 11.2. The van der Waals surface area contributed by atoms with E-state index in [2.05, 4.69) is 0 Å². The molecule has 10 aliphatic heterocycles. The van der Waals surface area contributed by atoms with E-state index in [4.69, 9.17) is 61.7 Å². The molecule has 0 spiro atoms. The minimum atomic E-state index is -2.49. The number of aliphatic hydroxyl groups excluding tert-OH is 2. The maximum absolute atomic E-state index is 14.6. The maximum Gasteiger partial charge on any atom is 0.333 e. The number of piperidine rings is 2. The van der Waals surface area contributed by atoms with Crippen LogP contribution in [0.25, 0.3) is 0 Å². The number of rotatable bonds is 19. The number of allylic oxidation sites excluding steroid dienone is 12. The summed E-state index contributed by atoms with van der Waals surface area (Å²) >= 11 is 0. The third kappa shape index (κ3) is 31.2. The van der Waals surface area contributed by atoms with Crippen molar-refractivity contribution in [2.24, 2.45) is 82.9 Å². The van der Waals surface area contributed by atoms with Crippen molar-refractivity contribution in [2.75, 3.05) is 55.7 Å². The van der Waals surface area contributed by atoms with Crippen LogP contribution in [0.2, 0.25) is 0 Å². The molecule has 149 heavy (non-hydrogen) atoms. The highest BCUT2D eigenvalue weighted by Gasteiger charge is 2.61. The molecule has 4 amide bonds. The summed E-state index contributed by atoms with van der Waals surface area (Å²) in [6.07, 6.45) is 16.2. The molecule has 12 rings (SSSR count). The molecule has 37 nitrogen and oxygen atoms in total. The molecule has 2 unspecified atom stereocenters. The molecule has 9 fully saturated rings. The summed E-state index contributed by atoms with van der Waals surface area (Å²) in [5.74, 6) is -24.6. The van der Waals surface area contributed by atoms with Gasteiger partial charge in [-0.05, 0) is 201 Å². The van der Waals surface area contributed by atoms with Crippen LogP contribution in [0.15, 0.2) is 95.2 Å². The highest BCUT2D eigenvalue weighted by Crippen LogP contribution is 2.49. The Morgan fingerprint density at radius 2 is 0.812 bits per heavy atom. The number of ether oxygens (including phenoxy) is 12. The van der Waals surface area contributed by atoms with Crippen molar-refractivity contribution in [3.63, 3.8) is 0 Å². The fourth-order valence-corrected chi connectivity index (χ4v) is 23.7. The van der Waals surface area contributed by atoms with E-state index in [-0.39, 0.29) is 98.2 Å². The molecular formula is C112H161N3O34. The van der Waals surface area contributed by atoms with Gasteiger partial charge < -0.3 is 97.0 Å². The Labute approximate surface area is 874 Å². The fraction of sp³-hybridized carbons (Fsp3) is 0.714. The van der Waals surface area contributed by atoms with Gasteiger partial charge in [-0.25, -0.2) is 14.4 Å². The van der Waals surface area contributed by atoms with Gasteiger partial charge in [0.25, 0.3) is 35.2 Å². The Bertz CT molecular complexity index is 4990. The van der Waals surface area contributed by atoms with Crippen LogP contribution in [0.5, 0.6) is 0 Å². The topological polar surface area (TPSA) is 504 Å². The number of imide groups is 1. The Morgan fingerprint density at radius 1 is 0.430 bits per heavy atom. The number of Topliss-reactive ketones (excluding diaryl/α,β-unsaturated/α-hetero) is 6. The number of fused-ring (bicyclic) bond motifs is 19. The third-order valence-corrected chi connectivity index (χ3v) is 32.6. The number of carboxylic acids is 1. The summed E-state index contributed by atoms with van der Waals surface area (Å²) in [5.41, 5.74) is 2.26. The van der Waals surface area contributed by atoms with Gasteiger partial charge >= 0.3 is 35.8 Å². The number of carbonyl (C=O) groups excluding carboxylic acids is 15. The van der Waals surface area contributed by atoms with Crippen LogP contribution in [0.1, 0.15) is 263 Å². The van der Waals surface area contributed by atoms with Gasteiger partial charge in [-0.2, -0.15) is 0 Å². The van der Waals surface area contributed by atoms with Crippen molar-refractivity contribution in [3.8, 4) is 0 Å². The van der Waals surface area contributed by atoms with E-state index in [0.717, 1.165) is 11.1 Å².